The minimum atomic E-state index is 0.596. The maximum absolute atomic E-state index is 5.37. The highest BCUT2D eigenvalue weighted by Crippen LogP contribution is 2.30. The van der Waals surface area contributed by atoms with E-state index in [1.807, 2.05) is 6.07 Å². The molecule has 1 aromatic carbocycles. The van der Waals surface area contributed by atoms with Crippen molar-refractivity contribution < 1.29 is 4.74 Å². The van der Waals surface area contributed by atoms with Gasteiger partial charge in [0.05, 0.1) is 0 Å². The lowest BCUT2D eigenvalue weighted by Gasteiger charge is -2.11. The first kappa shape index (κ1) is 7.35. The van der Waals surface area contributed by atoms with Gasteiger partial charge in [0.25, 0.3) is 0 Å². The van der Waals surface area contributed by atoms with E-state index < -0.39 is 0 Å². The van der Waals surface area contributed by atoms with Crippen molar-refractivity contribution in [1.29, 1.82) is 0 Å². The molecule has 1 aliphatic rings. The SMILES string of the molecule is CCc1ccc2c(c1)N=CCO2. The Kier molecular flexibility index (Phi) is 1.82. The second-order valence-corrected chi connectivity index (χ2v) is 2.78. The first-order valence-electron chi connectivity index (χ1n) is 4.18. The predicted octanol–water partition coefficient (Wildman–Crippen LogP) is 2.34. The van der Waals surface area contributed by atoms with Gasteiger partial charge >= 0.3 is 0 Å². The second kappa shape index (κ2) is 2.97. The third-order valence-corrected chi connectivity index (χ3v) is 1.98. The molecule has 1 aliphatic heterocycles. The van der Waals surface area contributed by atoms with Crippen molar-refractivity contribution in [3.05, 3.63) is 23.8 Å². The minimum Gasteiger partial charge on any atom is -0.486 e. The molecule has 0 aromatic heterocycles. The fraction of sp³-hybridized carbons (Fsp3) is 0.300. The molecule has 0 N–H and O–H groups in total. The zero-order valence-electron chi connectivity index (χ0n) is 7.08. The number of nitrogens with zero attached hydrogens (tertiary/aromatic N) is 1. The van der Waals surface area contributed by atoms with Crippen LogP contribution in [0.25, 0.3) is 0 Å². The summed E-state index contributed by atoms with van der Waals surface area (Å²) in [7, 11) is 0. The van der Waals surface area contributed by atoms with E-state index in [0.29, 0.717) is 6.61 Å². The maximum Gasteiger partial charge on any atom is 0.145 e. The Hall–Kier alpha value is -1.31. The second-order valence-electron chi connectivity index (χ2n) is 2.78. The molecular weight excluding hydrogens is 150 g/mol. The predicted molar refractivity (Wildman–Crippen MR) is 49.5 cm³/mol. The summed E-state index contributed by atoms with van der Waals surface area (Å²) in [4.78, 5) is 4.25. The summed E-state index contributed by atoms with van der Waals surface area (Å²) in [6.07, 6.45) is 2.84. The molecule has 0 saturated carbocycles. The van der Waals surface area contributed by atoms with Gasteiger partial charge in [0, 0.05) is 6.21 Å². The van der Waals surface area contributed by atoms with Gasteiger partial charge in [-0.15, -0.1) is 0 Å². The summed E-state index contributed by atoms with van der Waals surface area (Å²) in [5.41, 5.74) is 2.26. The highest BCUT2D eigenvalue weighted by Gasteiger charge is 2.05. The molecule has 0 fully saturated rings. The molecule has 2 nitrogen and oxygen atoms in total. The number of aryl methyl sites for hydroxylation is 1. The Morgan fingerprint density at radius 3 is 3.25 bits per heavy atom. The van der Waals surface area contributed by atoms with Gasteiger partial charge in [-0.25, -0.2) is 0 Å². The van der Waals surface area contributed by atoms with Crippen LogP contribution in [0, 0.1) is 0 Å². The van der Waals surface area contributed by atoms with Crippen LogP contribution in [-0.2, 0) is 6.42 Å². The largest absolute Gasteiger partial charge is 0.486 e. The van der Waals surface area contributed by atoms with E-state index in [0.717, 1.165) is 17.9 Å². The molecule has 0 aliphatic carbocycles. The summed E-state index contributed by atoms with van der Waals surface area (Å²) >= 11 is 0. The number of aliphatic imine (C=N–C) groups is 1. The number of hydrogen-bond donors (Lipinski definition) is 0. The fourth-order valence-corrected chi connectivity index (χ4v) is 1.27. The van der Waals surface area contributed by atoms with Gasteiger partial charge in [-0.3, -0.25) is 4.99 Å². The van der Waals surface area contributed by atoms with Crippen LogP contribution in [0.3, 0.4) is 0 Å². The first-order chi connectivity index (χ1) is 5.90. The molecule has 0 radical (unpaired) electrons. The fourth-order valence-electron chi connectivity index (χ4n) is 1.27. The van der Waals surface area contributed by atoms with Crippen LogP contribution in [0.5, 0.6) is 5.75 Å². The average Bonchev–Trinajstić information content (AvgIpc) is 2.17. The molecule has 0 amide bonds. The quantitative estimate of drug-likeness (QED) is 0.619. The Balaban J connectivity index is 2.44. The molecule has 1 aromatic rings. The van der Waals surface area contributed by atoms with E-state index >= 15 is 0 Å². The molecule has 0 atom stereocenters. The van der Waals surface area contributed by atoms with Gasteiger partial charge < -0.3 is 4.74 Å². The highest BCUT2D eigenvalue weighted by atomic mass is 16.5. The monoisotopic (exact) mass is 161 g/mol. The van der Waals surface area contributed by atoms with Crippen molar-refractivity contribution in [2.45, 2.75) is 13.3 Å². The van der Waals surface area contributed by atoms with Crippen LogP contribution in [-0.4, -0.2) is 12.8 Å². The van der Waals surface area contributed by atoms with Crippen molar-refractivity contribution in [2.24, 2.45) is 4.99 Å². The van der Waals surface area contributed by atoms with Crippen LogP contribution in [0.2, 0.25) is 0 Å². The lowest BCUT2D eigenvalue weighted by atomic mass is 10.1. The standard InChI is InChI=1S/C10H11NO/c1-2-8-3-4-10-9(7-8)11-5-6-12-10/h3-5,7H,2,6H2,1H3. The molecular formula is C10H11NO. The van der Waals surface area contributed by atoms with Crippen molar-refractivity contribution >= 4 is 11.9 Å². The Morgan fingerprint density at radius 2 is 2.42 bits per heavy atom. The summed E-state index contributed by atoms with van der Waals surface area (Å²) in [6, 6.07) is 6.15. The van der Waals surface area contributed by atoms with E-state index in [4.69, 9.17) is 4.74 Å². The summed E-state index contributed by atoms with van der Waals surface area (Å²) in [5.74, 6) is 0.898. The number of ether oxygens (including phenoxy) is 1. The van der Waals surface area contributed by atoms with Crippen molar-refractivity contribution in [2.75, 3.05) is 6.61 Å². The van der Waals surface area contributed by atoms with Gasteiger partial charge in [-0.05, 0) is 24.1 Å². The van der Waals surface area contributed by atoms with E-state index in [1.54, 1.807) is 6.21 Å². The van der Waals surface area contributed by atoms with Crippen LogP contribution >= 0.6 is 0 Å². The molecule has 2 heteroatoms. The van der Waals surface area contributed by atoms with Gasteiger partial charge in [0.1, 0.15) is 18.0 Å². The van der Waals surface area contributed by atoms with Crippen LogP contribution < -0.4 is 4.74 Å². The van der Waals surface area contributed by atoms with Crippen LogP contribution in [0.4, 0.5) is 5.69 Å². The molecule has 0 spiro atoms. The van der Waals surface area contributed by atoms with Gasteiger partial charge in [0.15, 0.2) is 0 Å². The summed E-state index contributed by atoms with van der Waals surface area (Å²) < 4.78 is 5.37. The lowest BCUT2D eigenvalue weighted by molar-refractivity contribution is 0.377. The third-order valence-electron chi connectivity index (χ3n) is 1.98. The molecule has 0 bridgehead atoms. The number of benzene rings is 1. The summed E-state index contributed by atoms with van der Waals surface area (Å²) in [6.45, 7) is 2.73. The van der Waals surface area contributed by atoms with Crippen molar-refractivity contribution in [1.82, 2.24) is 0 Å². The molecule has 1 heterocycles. The van der Waals surface area contributed by atoms with E-state index in [2.05, 4.69) is 24.0 Å². The maximum atomic E-state index is 5.37. The Bertz CT molecular complexity index is 318. The normalized spacial score (nSPS) is 13.8. The number of hydrogen-bond acceptors (Lipinski definition) is 2. The molecule has 0 saturated heterocycles. The van der Waals surface area contributed by atoms with Gasteiger partial charge in [0.2, 0.25) is 0 Å². The van der Waals surface area contributed by atoms with Gasteiger partial charge in [-0.1, -0.05) is 13.0 Å². The van der Waals surface area contributed by atoms with Crippen molar-refractivity contribution in [3.8, 4) is 5.75 Å². The van der Waals surface area contributed by atoms with Crippen LogP contribution in [0.15, 0.2) is 23.2 Å². The Labute approximate surface area is 71.9 Å². The van der Waals surface area contributed by atoms with E-state index in [1.165, 1.54) is 5.56 Å². The highest BCUT2D eigenvalue weighted by molar-refractivity contribution is 5.71. The van der Waals surface area contributed by atoms with E-state index in [9.17, 15) is 0 Å². The number of rotatable bonds is 1. The zero-order chi connectivity index (χ0) is 8.39. The Morgan fingerprint density at radius 1 is 1.50 bits per heavy atom. The lowest BCUT2D eigenvalue weighted by Crippen LogP contribution is -2.02. The molecule has 2 rings (SSSR count). The molecule has 0 unspecified atom stereocenters. The molecule has 62 valence electrons. The van der Waals surface area contributed by atoms with E-state index in [-0.39, 0.29) is 0 Å². The smallest absolute Gasteiger partial charge is 0.145 e. The topological polar surface area (TPSA) is 21.6 Å². The zero-order valence-corrected chi connectivity index (χ0v) is 7.08. The third kappa shape index (κ3) is 1.20. The van der Waals surface area contributed by atoms with Crippen LogP contribution in [0.1, 0.15) is 12.5 Å². The molecule has 12 heavy (non-hydrogen) atoms. The first-order valence-corrected chi connectivity index (χ1v) is 4.18. The van der Waals surface area contributed by atoms with Crippen molar-refractivity contribution in [3.63, 3.8) is 0 Å². The number of fused-ring (bicyclic) bond motifs is 1. The minimum absolute atomic E-state index is 0.596. The van der Waals surface area contributed by atoms with Gasteiger partial charge in [-0.2, -0.15) is 0 Å². The summed E-state index contributed by atoms with van der Waals surface area (Å²) in [5, 5.41) is 0. The average molecular weight is 161 g/mol.